The Balaban J connectivity index is 1.99. The van der Waals surface area contributed by atoms with E-state index in [-0.39, 0.29) is 23.8 Å². The number of unbranched alkanes of at least 4 members (excludes halogenated alkanes) is 1. The summed E-state index contributed by atoms with van der Waals surface area (Å²) in [6.07, 6.45) is 4.19. The quantitative estimate of drug-likeness (QED) is 0.792. The highest BCUT2D eigenvalue weighted by Gasteiger charge is 2.07. The zero-order chi connectivity index (χ0) is 17.5. The summed E-state index contributed by atoms with van der Waals surface area (Å²) in [5, 5.41) is 2.69. The van der Waals surface area contributed by atoms with Crippen LogP contribution in [0.3, 0.4) is 0 Å². The molecular weight excluding hydrogens is 306 g/mol. The fourth-order valence-corrected chi connectivity index (χ4v) is 2.22. The van der Waals surface area contributed by atoms with Crippen LogP contribution in [0.25, 0.3) is 0 Å². The predicted octanol–water partition coefficient (Wildman–Crippen LogP) is 2.43. The summed E-state index contributed by atoms with van der Waals surface area (Å²) in [6.45, 7) is 3.46. The average Bonchev–Trinajstić information content (AvgIpc) is 2.55. The van der Waals surface area contributed by atoms with Gasteiger partial charge in [0, 0.05) is 23.0 Å². The Hall–Kier alpha value is -2.76. The predicted molar refractivity (Wildman–Crippen MR) is 92.2 cm³/mol. The van der Waals surface area contributed by atoms with Crippen LogP contribution in [0.15, 0.2) is 41.5 Å². The Morgan fingerprint density at radius 3 is 2.50 bits per heavy atom. The van der Waals surface area contributed by atoms with Gasteiger partial charge in [-0.05, 0) is 44.0 Å². The molecule has 0 unspecified atom stereocenters. The summed E-state index contributed by atoms with van der Waals surface area (Å²) in [5.41, 5.74) is 1.66. The minimum atomic E-state index is -0.323. The monoisotopic (exact) mass is 327 g/mol. The molecule has 0 saturated carbocycles. The van der Waals surface area contributed by atoms with E-state index in [2.05, 4.69) is 17.2 Å². The molecular formula is C18H21N3O3. The Morgan fingerprint density at radius 1 is 1.21 bits per heavy atom. The van der Waals surface area contributed by atoms with Gasteiger partial charge in [0.25, 0.3) is 5.56 Å². The molecule has 0 fully saturated rings. The third-order valence-electron chi connectivity index (χ3n) is 3.61. The topological polar surface area (TPSA) is 81.1 Å². The maximum Gasteiger partial charge on any atom is 0.253 e. The molecule has 6 heteroatoms. The highest BCUT2D eigenvalue weighted by Crippen LogP contribution is 2.10. The zero-order valence-corrected chi connectivity index (χ0v) is 13.9. The number of hydrogen-bond acceptors (Lipinski definition) is 4. The van der Waals surface area contributed by atoms with Gasteiger partial charge in [-0.25, -0.2) is 4.98 Å². The average molecular weight is 327 g/mol. The fraction of sp³-hybridized carbons (Fsp3) is 0.333. The molecule has 1 aromatic carbocycles. The number of nitrogens with one attached hydrogen (secondary N) is 1. The lowest BCUT2D eigenvalue weighted by molar-refractivity contribution is -0.116. The number of nitrogens with zero attached hydrogens (tertiary/aromatic N) is 2. The second kappa shape index (κ2) is 8.19. The molecule has 24 heavy (non-hydrogen) atoms. The largest absolute Gasteiger partial charge is 0.325 e. The molecule has 0 aliphatic rings. The molecule has 0 atom stereocenters. The van der Waals surface area contributed by atoms with Crippen LogP contribution in [0.5, 0.6) is 0 Å². The summed E-state index contributed by atoms with van der Waals surface area (Å²) in [7, 11) is 0. The van der Waals surface area contributed by atoms with Crippen LogP contribution in [-0.4, -0.2) is 21.2 Å². The molecule has 2 rings (SSSR count). The molecule has 1 aromatic heterocycles. The van der Waals surface area contributed by atoms with Crippen molar-refractivity contribution >= 4 is 17.4 Å². The van der Waals surface area contributed by atoms with E-state index in [9.17, 15) is 14.4 Å². The van der Waals surface area contributed by atoms with Gasteiger partial charge in [0.1, 0.15) is 6.54 Å². The smallest absolute Gasteiger partial charge is 0.253 e. The number of carbonyl (C=O) groups is 2. The first-order valence-corrected chi connectivity index (χ1v) is 7.96. The van der Waals surface area contributed by atoms with Crippen molar-refractivity contribution in [2.45, 2.75) is 39.7 Å². The van der Waals surface area contributed by atoms with Crippen molar-refractivity contribution in [3.8, 4) is 0 Å². The second-order valence-electron chi connectivity index (χ2n) is 5.63. The van der Waals surface area contributed by atoms with Crippen LogP contribution in [0.2, 0.25) is 0 Å². The van der Waals surface area contributed by atoms with E-state index >= 15 is 0 Å². The summed E-state index contributed by atoms with van der Waals surface area (Å²) < 4.78 is 1.27. The zero-order valence-electron chi connectivity index (χ0n) is 13.9. The molecule has 1 N–H and O–H groups in total. The van der Waals surface area contributed by atoms with Gasteiger partial charge in [0.2, 0.25) is 5.91 Å². The minimum absolute atomic E-state index is 0.0336. The fourth-order valence-electron chi connectivity index (χ4n) is 2.22. The van der Waals surface area contributed by atoms with Gasteiger partial charge >= 0.3 is 0 Å². The lowest BCUT2D eigenvalue weighted by atomic mass is 10.1. The highest BCUT2D eigenvalue weighted by molar-refractivity contribution is 5.95. The van der Waals surface area contributed by atoms with Crippen LogP contribution >= 0.6 is 0 Å². The van der Waals surface area contributed by atoms with Crippen LogP contribution in [-0.2, 0) is 17.8 Å². The highest BCUT2D eigenvalue weighted by atomic mass is 16.2. The van der Waals surface area contributed by atoms with E-state index in [0.717, 1.165) is 25.0 Å². The van der Waals surface area contributed by atoms with Crippen LogP contribution in [0.1, 0.15) is 42.7 Å². The van der Waals surface area contributed by atoms with E-state index in [1.165, 1.54) is 23.9 Å². The lowest BCUT2D eigenvalue weighted by Crippen LogP contribution is -2.27. The minimum Gasteiger partial charge on any atom is -0.325 e. The molecule has 0 radical (unpaired) electrons. The van der Waals surface area contributed by atoms with Crippen molar-refractivity contribution < 1.29 is 9.59 Å². The first kappa shape index (κ1) is 17.6. The Kier molecular flexibility index (Phi) is 6.01. The summed E-state index contributed by atoms with van der Waals surface area (Å²) in [4.78, 5) is 39.5. The van der Waals surface area contributed by atoms with Gasteiger partial charge in [-0.2, -0.15) is 0 Å². The number of aromatic nitrogens is 2. The van der Waals surface area contributed by atoms with E-state index < -0.39 is 0 Å². The molecule has 6 nitrogen and oxygen atoms in total. The van der Waals surface area contributed by atoms with E-state index in [1.807, 2.05) is 0 Å². The van der Waals surface area contributed by atoms with Gasteiger partial charge in [-0.15, -0.1) is 0 Å². The van der Waals surface area contributed by atoms with Crippen molar-refractivity contribution in [1.82, 2.24) is 9.55 Å². The van der Waals surface area contributed by atoms with Crippen molar-refractivity contribution in [3.63, 3.8) is 0 Å². The van der Waals surface area contributed by atoms with E-state index in [4.69, 9.17) is 0 Å². The number of hydrogen-bond donors (Lipinski definition) is 1. The molecule has 0 aliphatic heterocycles. The van der Waals surface area contributed by atoms with Crippen molar-refractivity contribution in [1.29, 1.82) is 0 Å². The first-order valence-electron chi connectivity index (χ1n) is 7.96. The number of Topliss-reactive ketones (excluding diaryl/α,β-unsaturated/α-hetero) is 1. The third-order valence-corrected chi connectivity index (χ3v) is 3.61. The van der Waals surface area contributed by atoms with Gasteiger partial charge in [-0.1, -0.05) is 13.3 Å². The summed E-state index contributed by atoms with van der Waals surface area (Å²) in [6, 6.07) is 8.08. The Bertz CT molecular complexity index is 779. The maximum absolute atomic E-state index is 12.0. The molecule has 1 amide bonds. The molecule has 2 aromatic rings. The number of amides is 1. The van der Waals surface area contributed by atoms with Crippen LogP contribution in [0.4, 0.5) is 5.69 Å². The third kappa shape index (κ3) is 4.87. The van der Waals surface area contributed by atoms with Crippen LogP contribution in [0, 0.1) is 0 Å². The number of benzene rings is 1. The van der Waals surface area contributed by atoms with Gasteiger partial charge < -0.3 is 5.32 Å². The number of ketones is 1. The Morgan fingerprint density at radius 2 is 1.92 bits per heavy atom. The number of aryl methyl sites for hydroxylation is 1. The number of carbonyl (C=O) groups excluding carboxylic acids is 2. The van der Waals surface area contributed by atoms with Gasteiger partial charge in [0.05, 0.1) is 6.33 Å². The maximum atomic E-state index is 12.0. The van der Waals surface area contributed by atoms with Crippen molar-refractivity contribution in [2.24, 2.45) is 0 Å². The van der Waals surface area contributed by atoms with Crippen molar-refractivity contribution in [2.75, 3.05) is 5.32 Å². The standard InChI is InChI=1S/C18H21N3O3/c1-3-4-5-16-10-18(24)21(12-19-16)11-17(23)20-15-8-6-14(7-9-15)13(2)22/h6-10,12H,3-5,11H2,1-2H3,(H,20,23). The SMILES string of the molecule is CCCCc1cc(=O)n(CC(=O)Nc2ccc(C(C)=O)cc2)cn1. The van der Waals surface area contributed by atoms with E-state index in [0.29, 0.717) is 11.3 Å². The molecule has 0 aliphatic carbocycles. The Labute approximate surface area is 140 Å². The van der Waals surface area contributed by atoms with Gasteiger partial charge in [0.15, 0.2) is 5.78 Å². The lowest BCUT2D eigenvalue weighted by Gasteiger charge is -2.08. The summed E-state index contributed by atoms with van der Waals surface area (Å²) in [5.74, 6) is -0.357. The molecule has 1 heterocycles. The van der Waals surface area contributed by atoms with Gasteiger partial charge in [-0.3, -0.25) is 19.0 Å². The molecule has 126 valence electrons. The number of anilines is 1. The van der Waals surface area contributed by atoms with Crippen LogP contribution < -0.4 is 10.9 Å². The normalized spacial score (nSPS) is 10.4. The molecule has 0 saturated heterocycles. The van der Waals surface area contributed by atoms with Crippen molar-refractivity contribution in [3.05, 3.63) is 58.3 Å². The second-order valence-corrected chi connectivity index (χ2v) is 5.63. The number of rotatable bonds is 7. The molecule has 0 spiro atoms. The summed E-state index contributed by atoms with van der Waals surface area (Å²) >= 11 is 0. The molecule has 0 bridgehead atoms. The van der Waals surface area contributed by atoms with E-state index in [1.54, 1.807) is 24.3 Å². The first-order chi connectivity index (χ1) is 11.5.